The molecule has 0 spiro atoms. The van der Waals surface area contributed by atoms with Gasteiger partial charge in [0.25, 0.3) is 0 Å². The van der Waals surface area contributed by atoms with Gasteiger partial charge in [-0.25, -0.2) is 0 Å². The van der Waals surface area contributed by atoms with Crippen molar-refractivity contribution in [2.75, 3.05) is 6.61 Å². The smallest absolute Gasteiger partial charge is 0.305 e. The van der Waals surface area contributed by atoms with Crippen molar-refractivity contribution in [3.63, 3.8) is 0 Å². The van der Waals surface area contributed by atoms with Gasteiger partial charge in [-0.2, -0.15) is 4.91 Å². The molecule has 1 aromatic rings. The highest BCUT2D eigenvalue weighted by atomic mass is 16.5. The Morgan fingerprint density at radius 1 is 1.35 bits per heavy atom. The van der Waals surface area contributed by atoms with E-state index in [-0.39, 0.29) is 12.0 Å². The van der Waals surface area contributed by atoms with Crippen LogP contribution in [-0.2, 0) is 9.53 Å². The number of hydrogen-bond acceptors (Lipinski definition) is 4. The molecule has 0 heterocycles. The van der Waals surface area contributed by atoms with E-state index in [0.717, 1.165) is 5.56 Å². The average molecular weight is 235 g/mol. The first-order valence-electron chi connectivity index (χ1n) is 5.81. The lowest BCUT2D eigenvalue weighted by atomic mass is 10.0. The summed E-state index contributed by atoms with van der Waals surface area (Å²) in [6.45, 7) is 2.17. The minimum atomic E-state index is -0.370. The van der Waals surface area contributed by atoms with Crippen molar-refractivity contribution in [1.82, 2.24) is 0 Å². The van der Waals surface area contributed by atoms with Crippen molar-refractivity contribution >= 4 is 5.97 Å². The number of carbonyl (C=O) groups is 1. The van der Waals surface area contributed by atoms with Crippen molar-refractivity contribution in [3.05, 3.63) is 40.8 Å². The van der Waals surface area contributed by atoms with Gasteiger partial charge in [-0.1, -0.05) is 35.5 Å². The van der Waals surface area contributed by atoms with E-state index in [2.05, 4.69) is 5.18 Å². The first-order valence-corrected chi connectivity index (χ1v) is 5.81. The molecule has 17 heavy (non-hydrogen) atoms. The summed E-state index contributed by atoms with van der Waals surface area (Å²) >= 11 is 0. The summed E-state index contributed by atoms with van der Waals surface area (Å²) in [5, 5.41) is 3.10. The number of hydrogen-bond donors (Lipinski definition) is 0. The normalized spacial score (nSPS) is 11.8. The lowest BCUT2D eigenvalue weighted by Gasteiger charge is -2.08. The Morgan fingerprint density at radius 2 is 2.06 bits per heavy atom. The van der Waals surface area contributed by atoms with Crippen LogP contribution in [0.15, 0.2) is 35.5 Å². The predicted molar refractivity (Wildman–Crippen MR) is 65.5 cm³/mol. The van der Waals surface area contributed by atoms with E-state index in [4.69, 9.17) is 4.74 Å². The summed E-state index contributed by atoms with van der Waals surface area (Å²) in [6, 6.07) is 9.01. The van der Waals surface area contributed by atoms with Crippen LogP contribution in [0, 0.1) is 4.91 Å². The van der Waals surface area contributed by atoms with Crippen LogP contribution in [0.25, 0.3) is 0 Å². The Labute approximate surface area is 101 Å². The van der Waals surface area contributed by atoms with Crippen molar-refractivity contribution in [3.8, 4) is 0 Å². The number of benzene rings is 1. The highest BCUT2D eigenvalue weighted by Crippen LogP contribution is 2.22. The predicted octanol–water partition coefficient (Wildman–Crippen LogP) is 3.23. The molecule has 0 amide bonds. The number of esters is 1. The second-order valence-corrected chi connectivity index (χ2v) is 3.73. The van der Waals surface area contributed by atoms with Crippen molar-refractivity contribution < 1.29 is 9.53 Å². The van der Waals surface area contributed by atoms with E-state index >= 15 is 0 Å². The lowest BCUT2D eigenvalue weighted by Crippen LogP contribution is -2.04. The first kappa shape index (κ1) is 13.4. The molecule has 4 nitrogen and oxygen atoms in total. The Bertz CT molecular complexity index is 351. The number of nitrogens with zero attached hydrogens (tertiary/aromatic N) is 1. The van der Waals surface area contributed by atoms with Crippen LogP contribution >= 0.6 is 0 Å². The third-order valence-electron chi connectivity index (χ3n) is 2.48. The summed E-state index contributed by atoms with van der Waals surface area (Å²) in [7, 11) is 0. The minimum Gasteiger partial charge on any atom is -0.466 e. The molecule has 1 atom stereocenters. The van der Waals surface area contributed by atoms with Gasteiger partial charge in [0.2, 0.25) is 0 Å². The van der Waals surface area contributed by atoms with Gasteiger partial charge in [0.05, 0.1) is 6.61 Å². The summed E-state index contributed by atoms with van der Waals surface area (Å²) in [6.07, 6.45) is 1.53. The molecule has 1 unspecified atom stereocenters. The molecule has 0 aliphatic carbocycles. The Kier molecular flexibility index (Phi) is 5.93. The second-order valence-electron chi connectivity index (χ2n) is 3.73. The van der Waals surface area contributed by atoms with Gasteiger partial charge in [-0.15, -0.1) is 0 Å². The van der Waals surface area contributed by atoms with E-state index in [9.17, 15) is 9.70 Å². The molecule has 1 rings (SSSR count). The van der Waals surface area contributed by atoms with Gasteiger partial charge in [-0.3, -0.25) is 4.79 Å². The molecule has 0 N–H and O–H groups in total. The van der Waals surface area contributed by atoms with E-state index in [1.807, 2.05) is 30.3 Å². The van der Waals surface area contributed by atoms with Crippen LogP contribution in [0.5, 0.6) is 0 Å². The summed E-state index contributed by atoms with van der Waals surface area (Å²) in [4.78, 5) is 21.9. The molecule has 0 aromatic heterocycles. The maximum atomic E-state index is 11.1. The molecular formula is C13H17NO3. The molecule has 1 aromatic carbocycles. The van der Waals surface area contributed by atoms with Crippen LogP contribution in [-0.4, -0.2) is 12.6 Å². The van der Waals surface area contributed by atoms with E-state index < -0.39 is 0 Å². The zero-order valence-electron chi connectivity index (χ0n) is 9.96. The molecule has 0 aliphatic rings. The van der Waals surface area contributed by atoms with Gasteiger partial charge < -0.3 is 4.74 Å². The molecule has 92 valence electrons. The highest BCUT2D eigenvalue weighted by molar-refractivity contribution is 5.69. The number of rotatable bonds is 7. The molecule has 0 fully saturated rings. The molecule has 4 heteroatoms. The highest BCUT2D eigenvalue weighted by Gasteiger charge is 2.12. The van der Waals surface area contributed by atoms with E-state index in [0.29, 0.717) is 25.9 Å². The third kappa shape index (κ3) is 4.76. The summed E-state index contributed by atoms with van der Waals surface area (Å²) in [5.41, 5.74) is 0.895. The van der Waals surface area contributed by atoms with Crippen LogP contribution in [0.2, 0.25) is 0 Å². The molecular weight excluding hydrogens is 218 g/mol. The SMILES string of the molecule is CCOC(=O)CCCC(N=O)c1ccccc1. The van der Waals surface area contributed by atoms with Crippen LogP contribution in [0.4, 0.5) is 0 Å². The van der Waals surface area contributed by atoms with Crippen LogP contribution < -0.4 is 0 Å². The maximum Gasteiger partial charge on any atom is 0.305 e. The fourth-order valence-corrected chi connectivity index (χ4v) is 1.63. The quantitative estimate of drug-likeness (QED) is 0.538. The monoisotopic (exact) mass is 235 g/mol. The van der Waals surface area contributed by atoms with Crippen molar-refractivity contribution in [2.24, 2.45) is 5.18 Å². The Balaban J connectivity index is 2.39. The molecule has 0 saturated heterocycles. The average Bonchev–Trinajstić information content (AvgIpc) is 2.36. The maximum absolute atomic E-state index is 11.1. The van der Waals surface area contributed by atoms with Gasteiger partial charge in [-0.05, 0) is 25.3 Å². The minimum absolute atomic E-state index is 0.217. The van der Waals surface area contributed by atoms with Crippen LogP contribution in [0.3, 0.4) is 0 Å². The fraction of sp³-hybridized carbons (Fsp3) is 0.462. The Hall–Kier alpha value is -1.71. The zero-order chi connectivity index (χ0) is 12.5. The lowest BCUT2D eigenvalue weighted by molar-refractivity contribution is -0.143. The van der Waals surface area contributed by atoms with Crippen molar-refractivity contribution in [1.29, 1.82) is 0 Å². The van der Waals surface area contributed by atoms with E-state index in [1.54, 1.807) is 6.92 Å². The van der Waals surface area contributed by atoms with Gasteiger partial charge in [0.1, 0.15) is 6.04 Å². The van der Waals surface area contributed by atoms with Gasteiger partial charge in [0.15, 0.2) is 0 Å². The summed E-state index contributed by atoms with van der Waals surface area (Å²) in [5.74, 6) is -0.217. The topological polar surface area (TPSA) is 55.7 Å². The van der Waals surface area contributed by atoms with Gasteiger partial charge >= 0.3 is 5.97 Å². The van der Waals surface area contributed by atoms with Crippen molar-refractivity contribution in [2.45, 2.75) is 32.2 Å². The Morgan fingerprint density at radius 3 is 2.65 bits per heavy atom. The second kappa shape index (κ2) is 7.54. The number of ether oxygens (including phenoxy) is 1. The fourth-order valence-electron chi connectivity index (χ4n) is 1.63. The van der Waals surface area contributed by atoms with Gasteiger partial charge in [0, 0.05) is 6.42 Å². The third-order valence-corrected chi connectivity index (χ3v) is 2.48. The van der Waals surface area contributed by atoms with E-state index in [1.165, 1.54) is 0 Å². The largest absolute Gasteiger partial charge is 0.466 e. The zero-order valence-corrected chi connectivity index (χ0v) is 9.96. The molecule has 0 bridgehead atoms. The van der Waals surface area contributed by atoms with Crippen LogP contribution in [0.1, 0.15) is 37.8 Å². The number of nitroso groups, excluding NO2 is 1. The number of carbonyl (C=O) groups excluding carboxylic acids is 1. The molecule has 0 aliphatic heterocycles. The first-order chi connectivity index (χ1) is 8.27. The molecule has 0 saturated carbocycles. The molecule has 0 radical (unpaired) electrons. The summed E-state index contributed by atoms with van der Waals surface area (Å²) < 4.78 is 4.82. The standard InChI is InChI=1S/C13H17NO3/c1-2-17-13(15)10-6-9-12(14-16)11-7-4-3-5-8-11/h3-5,7-8,12H,2,6,9-10H2,1H3.